The van der Waals surface area contributed by atoms with E-state index >= 15 is 0 Å². The lowest BCUT2D eigenvalue weighted by molar-refractivity contribution is -0.00554. The molecule has 19 heavy (non-hydrogen) atoms. The summed E-state index contributed by atoms with van der Waals surface area (Å²) in [6.45, 7) is 1.73. The minimum atomic E-state index is -0.0203. The molecule has 104 valence electrons. The summed E-state index contributed by atoms with van der Waals surface area (Å²) in [5, 5.41) is 8.70. The fourth-order valence-electron chi connectivity index (χ4n) is 2.16. The number of carbonyl (C=O) groups excluding carboxylic acids is 1. The van der Waals surface area contributed by atoms with Crippen LogP contribution in [0.25, 0.3) is 0 Å². The van der Waals surface area contributed by atoms with E-state index < -0.39 is 0 Å². The summed E-state index contributed by atoms with van der Waals surface area (Å²) in [5.74, 6) is 0.390. The summed E-state index contributed by atoms with van der Waals surface area (Å²) in [5.41, 5.74) is 6.06. The fourth-order valence-corrected chi connectivity index (χ4v) is 2.16. The molecule has 6 heteroatoms. The SMILES string of the molecule is Nc1ccc(C(=O)N2CCC(OCCO)CC2)cn1. The molecule has 0 atom stereocenters. The summed E-state index contributed by atoms with van der Waals surface area (Å²) in [7, 11) is 0. The van der Waals surface area contributed by atoms with Gasteiger partial charge in [-0.15, -0.1) is 0 Å². The first-order valence-corrected chi connectivity index (χ1v) is 6.44. The number of aromatic nitrogens is 1. The lowest BCUT2D eigenvalue weighted by Crippen LogP contribution is -2.41. The van der Waals surface area contributed by atoms with Crippen molar-refractivity contribution in [1.29, 1.82) is 0 Å². The Morgan fingerprint density at radius 3 is 2.79 bits per heavy atom. The second kappa shape index (κ2) is 6.49. The van der Waals surface area contributed by atoms with Crippen LogP contribution in [0.5, 0.6) is 0 Å². The molecule has 0 saturated carbocycles. The van der Waals surface area contributed by atoms with Crippen molar-refractivity contribution < 1.29 is 14.6 Å². The molecule has 1 fully saturated rings. The minimum Gasteiger partial charge on any atom is -0.394 e. The lowest BCUT2D eigenvalue weighted by atomic mass is 10.1. The van der Waals surface area contributed by atoms with Crippen LogP contribution in [0.3, 0.4) is 0 Å². The van der Waals surface area contributed by atoms with Crippen LogP contribution < -0.4 is 5.73 Å². The number of rotatable bonds is 4. The number of carbonyl (C=O) groups is 1. The number of hydrogen-bond donors (Lipinski definition) is 2. The summed E-state index contributed by atoms with van der Waals surface area (Å²) in [6.07, 6.45) is 3.25. The summed E-state index contributed by atoms with van der Waals surface area (Å²) >= 11 is 0. The Morgan fingerprint density at radius 2 is 2.21 bits per heavy atom. The quantitative estimate of drug-likeness (QED) is 0.816. The van der Waals surface area contributed by atoms with E-state index in [1.54, 1.807) is 17.0 Å². The number of ether oxygens (including phenoxy) is 1. The Balaban J connectivity index is 1.87. The van der Waals surface area contributed by atoms with Crippen LogP contribution in [-0.4, -0.2) is 53.3 Å². The molecular weight excluding hydrogens is 246 g/mol. The van der Waals surface area contributed by atoms with E-state index in [-0.39, 0.29) is 18.6 Å². The van der Waals surface area contributed by atoms with Gasteiger partial charge in [-0.1, -0.05) is 0 Å². The molecule has 3 N–H and O–H groups in total. The molecular formula is C13H19N3O3. The number of likely N-dealkylation sites (tertiary alicyclic amines) is 1. The smallest absolute Gasteiger partial charge is 0.255 e. The largest absolute Gasteiger partial charge is 0.394 e. The molecule has 0 bridgehead atoms. The second-order valence-corrected chi connectivity index (χ2v) is 4.56. The van der Waals surface area contributed by atoms with Gasteiger partial charge in [-0.3, -0.25) is 4.79 Å². The van der Waals surface area contributed by atoms with Gasteiger partial charge in [0.05, 0.1) is 24.9 Å². The van der Waals surface area contributed by atoms with E-state index in [4.69, 9.17) is 15.6 Å². The number of nitrogens with zero attached hydrogens (tertiary/aromatic N) is 2. The molecule has 6 nitrogen and oxygen atoms in total. The normalized spacial score (nSPS) is 16.6. The second-order valence-electron chi connectivity index (χ2n) is 4.56. The lowest BCUT2D eigenvalue weighted by Gasteiger charge is -2.31. The highest BCUT2D eigenvalue weighted by molar-refractivity contribution is 5.94. The van der Waals surface area contributed by atoms with Gasteiger partial charge >= 0.3 is 0 Å². The average molecular weight is 265 g/mol. The number of piperidine rings is 1. The van der Waals surface area contributed by atoms with Gasteiger partial charge in [-0.25, -0.2) is 4.98 Å². The third kappa shape index (κ3) is 3.65. The van der Waals surface area contributed by atoms with Gasteiger partial charge in [-0.2, -0.15) is 0 Å². The van der Waals surface area contributed by atoms with Gasteiger partial charge in [0, 0.05) is 19.3 Å². The molecule has 0 radical (unpaired) electrons. The van der Waals surface area contributed by atoms with Crippen molar-refractivity contribution in [1.82, 2.24) is 9.88 Å². The molecule has 1 aliphatic rings. The predicted molar refractivity (Wildman–Crippen MR) is 70.6 cm³/mol. The molecule has 1 aromatic rings. The van der Waals surface area contributed by atoms with Crippen molar-refractivity contribution in [3.8, 4) is 0 Å². The maximum absolute atomic E-state index is 12.2. The first kappa shape index (κ1) is 13.8. The zero-order chi connectivity index (χ0) is 13.7. The van der Waals surface area contributed by atoms with Crippen LogP contribution in [0, 0.1) is 0 Å². The highest BCUT2D eigenvalue weighted by Crippen LogP contribution is 2.16. The summed E-state index contributed by atoms with van der Waals surface area (Å²) < 4.78 is 5.46. The standard InChI is InChI=1S/C13H19N3O3/c14-12-2-1-10(9-15-12)13(18)16-5-3-11(4-6-16)19-8-7-17/h1-2,9,11,17H,3-8H2,(H2,14,15). The van der Waals surface area contributed by atoms with Crippen molar-refractivity contribution in [2.45, 2.75) is 18.9 Å². The topological polar surface area (TPSA) is 88.7 Å². The van der Waals surface area contributed by atoms with Crippen LogP contribution in [0.15, 0.2) is 18.3 Å². The number of nitrogens with two attached hydrogens (primary N) is 1. The number of hydrogen-bond acceptors (Lipinski definition) is 5. The molecule has 0 spiro atoms. The van der Waals surface area contributed by atoms with Crippen LogP contribution in [-0.2, 0) is 4.74 Å². The first-order chi connectivity index (χ1) is 9.20. The molecule has 0 aromatic carbocycles. The Labute approximate surface area is 112 Å². The van der Waals surface area contributed by atoms with Gasteiger partial charge < -0.3 is 20.5 Å². The molecule has 1 aliphatic heterocycles. The Kier molecular flexibility index (Phi) is 4.70. The van der Waals surface area contributed by atoms with E-state index in [9.17, 15) is 4.79 Å². The van der Waals surface area contributed by atoms with Gasteiger partial charge in [0.25, 0.3) is 5.91 Å². The number of pyridine rings is 1. The van der Waals surface area contributed by atoms with Crippen LogP contribution in [0.1, 0.15) is 23.2 Å². The Morgan fingerprint density at radius 1 is 1.47 bits per heavy atom. The first-order valence-electron chi connectivity index (χ1n) is 6.44. The van der Waals surface area contributed by atoms with Crippen LogP contribution in [0.2, 0.25) is 0 Å². The van der Waals surface area contributed by atoms with Crippen molar-refractivity contribution in [2.75, 3.05) is 32.0 Å². The number of amides is 1. The maximum Gasteiger partial charge on any atom is 0.255 e. The van der Waals surface area contributed by atoms with Crippen molar-refractivity contribution >= 4 is 11.7 Å². The highest BCUT2D eigenvalue weighted by atomic mass is 16.5. The number of aliphatic hydroxyl groups is 1. The monoisotopic (exact) mass is 265 g/mol. The van der Waals surface area contributed by atoms with Crippen LogP contribution in [0.4, 0.5) is 5.82 Å². The van der Waals surface area contributed by atoms with E-state index in [0.717, 1.165) is 12.8 Å². The zero-order valence-corrected chi connectivity index (χ0v) is 10.8. The molecule has 0 unspecified atom stereocenters. The summed E-state index contributed by atoms with van der Waals surface area (Å²) in [6, 6.07) is 3.32. The average Bonchev–Trinajstić information content (AvgIpc) is 2.46. The number of nitrogen functional groups attached to an aromatic ring is 1. The molecule has 1 saturated heterocycles. The van der Waals surface area contributed by atoms with E-state index in [1.807, 2.05) is 0 Å². The van der Waals surface area contributed by atoms with Gasteiger partial charge in [0.15, 0.2) is 0 Å². The number of anilines is 1. The molecule has 1 amide bonds. The minimum absolute atomic E-state index is 0.0203. The van der Waals surface area contributed by atoms with Crippen molar-refractivity contribution in [3.05, 3.63) is 23.9 Å². The van der Waals surface area contributed by atoms with Crippen molar-refractivity contribution in [2.24, 2.45) is 0 Å². The molecule has 2 heterocycles. The molecule has 2 rings (SSSR count). The fraction of sp³-hybridized carbons (Fsp3) is 0.538. The number of aliphatic hydroxyl groups excluding tert-OH is 1. The van der Waals surface area contributed by atoms with Gasteiger partial charge in [0.1, 0.15) is 5.82 Å². The zero-order valence-electron chi connectivity index (χ0n) is 10.8. The van der Waals surface area contributed by atoms with E-state index in [1.165, 1.54) is 6.20 Å². The highest BCUT2D eigenvalue weighted by Gasteiger charge is 2.23. The predicted octanol–water partition coefficient (Wildman–Crippen LogP) is 0.277. The van der Waals surface area contributed by atoms with Gasteiger partial charge in [0.2, 0.25) is 0 Å². The Bertz CT molecular complexity index is 414. The van der Waals surface area contributed by atoms with E-state index in [0.29, 0.717) is 31.1 Å². The molecule has 1 aromatic heterocycles. The third-order valence-electron chi connectivity index (χ3n) is 3.21. The Hall–Kier alpha value is -1.66. The van der Waals surface area contributed by atoms with Crippen molar-refractivity contribution in [3.63, 3.8) is 0 Å². The van der Waals surface area contributed by atoms with E-state index in [2.05, 4.69) is 4.98 Å². The third-order valence-corrected chi connectivity index (χ3v) is 3.21. The molecule has 0 aliphatic carbocycles. The van der Waals surface area contributed by atoms with Crippen LogP contribution >= 0.6 is 0 Å². The summed E-state index contributed by atoms with van der Waals surface area (Å²) in [4.78, 5) is 17.9. The maximum atomic E-state index is 12.2. The van der Waals surface area contributed by atoms with Gasteiger partial charge in [-0.05, 0) is 25.0 Å².